The summed E-state index contributed by atoms with van der Waals surface area (Å²) in [6.07, 6.45) is -3.16. The van der Waals surface area contributed by atoms with Crippen molar-refractivity contribution < 1.29 is 40.7 Å². The molecule has 3 atom stereocenters. The third-order valence-corrected chi connectivity index (χ3v) is 9.60. The molecule has 1 aliphatic carbocycles. The smallest absolute Gasteiger partial charge is 0.416 e. The number of sulfonamides is 1. The number of rotatable bonds is 13. The highest BCUT2D eigenvalue weighted by Gasteiger charge is 2.34. The minimum absolute atomic E-state index is 0.129. The fraction of sp³-hybridized carbons (Fsp3) is 0.531. The first-order valence-corrected chi connectivity index (χ1v) is 16.8. The van der Waals surface area contributed by atoms with E-state index >= 15 is 0 Å². The first-order chi connectivity index (χ1) is 21.5. The topological polar surface area (TPSA) is 157 Å². The van der Waals surface area contributed by atoms with Crippen molar-refractivity contribution in [3.05, 3.63) is 65.7 Å². The minimum atomic E-state index is -4.58. The van der Waals surface area contributed by atoms with Crippen LogP contribution in [0.1, 0.15) is 70.5 Å². The summed E-state index contributed by atoms with van der Waals surface area (Å²) in [7, 11) is -4.06. The van der Waals surface area contributed by atoms with Crippen molar-refractivity contribution in [3.63, 3.8) is 0 Å². The van der Waals surface area contributed by atoms with Crippen molar-refractivity contribution in [3.8, 4) is 0 Å². The number of carbonyl (C=O) groups excluding carboxylic acids is 3. The van der Waals surface area contributed by atoms with Crippen LogP contribution in [-0.2, 0) is 35.3 Å². The molecule has 0 heterocycles. The van der Waals surface area contributed by atoms with E-state index in [2.05, 4.69) is 15.4 Å². The first kappa shape index (κ1) is 37.0. The lowest BCUT2D eigenvalue weighted by molar-refractivity contribution is -0.150. The van der Waals surface area contributed by atoms with E-state index in [1.165, 1.54) is 0 Å². The van der Waals surface area contributed by atoms with E-state index in [4.69, 9.17) is 10.5 Å². The largest absolute Gasteiger partial charge is 0.462 e. The highest BCUT2D eigenvalue weighted by atomic mass is 32.2. The van der Waals surface area contributed by atoms with Crippen molar-refractivity contribution in [2.45, 2.75) is 88.6 Å². The molecule has 0 aromatic heterocycles. The van der Waals surface area contributed by atoms with Gasteiger partial charge in [0.15, 0.2) is 0 Å². The van der Waals surface area contributed by atoms with Crippen molar-refractivity contribution >= 4 is 27.8 Å². The van der Waals surface area contributed by atoms with Crippen LogP contribution in [0.15, 0.2) is 59.5 Å². The molecule has 254 valence electrons. The Balaban J connectivity index is 1.60. The maximum absolute atomic E-state index is 13.3. The molecule has 1 aliphatic rings. The molecule has 10 nitrogen and oxygen atoms in total. The Morgan fingerprint density at radius 2 is 1.48 bits per heavy atom. The zero-order valence-corrected chi connectivity index (χ0v) is 27.2. The molecular weight excluding hydrogens is 625 g/mol. The Morgan fingerprint density at radius 1 is 0.891 bits per heavy atom. The number of hydrogen-bond acceptors (Lipinski definition) is 7. The molecule has 14 heteroatoms. The van der Waals surface area contributed by atoms with Crippen molar-refractivity contribution in [2.24, 2.45) is 23.5 Å². The molecule has 0 radical (unpaired) electrons. The number of nitrogens with one attached hydrogen (secondary N) is 3. The Labute approximate surface area is 268 Å². The van der Waals surface area contributed by atoms with Gasteiger partial charge in [-0.05, 0) is 67.3 Å². The van der Waals surface area contributed by atoms with E-state index in [0.717, 1.165) is 24.3 Å². The van der Waals surface area contributed by atoms with Gasteiger partial charge in [0.1, 0.15) is 12.6 Å². The lowest BCUT2D eigenvalue weighted by Gasteiger charge is -2.30. The van der Waals surface area contributed by atoms with E-state index in [0.29, 0.717) is 31.2 Å². The number of esters is 1. The number of benzene rings is 2. The zero-order chi connectivity index (χ0) is 34.2. The number of alkyl halides is 3. The monoisotopic (exact) mass is 668 g/mol. The number of nitrogens with two attached hydrogens (primary N) is 1. The predicted molar refractivity (Wildman–Crippen MR) is 165 cm³/mol. The second-order valence-corrected chi connectivity index (χ2v) is 14.0. The van der Waals surface area contributed by atoms with Gasteiger partial charge in [-0.1, -0.05) is 58.0 Å². The van der Waals surface area contributed by atoms with Crippen LogP contribution in [0, 0.1) is 17.8 Å². The summed E-state index contributed by atoms with van der Waals surface area (Å²) < 4.78 is 72.3. The van der Waals surface area contributed by atoms with Gasteiger partial charge in [-0.25, -0.2) is 17.9 Å². The van der Waals surface area contributed by atoms with Crippen molar-refractivity contribution in [2.75, 3.05) is 6.61 Å². The molecule has 46 heavy (non-hydrogen) atoms. The highest BCUT2D eigenvalue weighted by Crippen LogP contribution is 2.30. The number of ether oxygens (including phenoxy) is 1. The molecule has 2 aromatic rings. The summed E-state index contributed by atoms with van der Waals surface area (Å²) in [5.41, 5.74) is 5.69. The molecule has 0 aliphatic heterocycles. The quantitative estimate of drug-likeness (QED) is 0.235. The Hall–Kier alpha value is -3.49. The van der Waals surface area contributed by atoms with E-state index in [1.54, 1.807) is 52.0 Å². The molecule has 5 N–H and O–H groups in total. The second kappa shape index (κ2) is 15.9. The third-order valence-electron chi connectivity index (χ3n) is 8.06. The molecule has 0 bridgehead atoms. The number of amides is 2. The standard InChI is InChI=1S/C32H43F3N4O6S/c1-19(2)27(36)30(41)38-28(20(3)4)31(42)45-18-26(21-8-6-5-7-9-21)37-29(40)22-10-14-24(15-11-22)39-46(43,44)25-16-12-23(13-17-25)32(33,34)35/h5-9,12-13,16-17,19-20,22,24,26-28,39H,10-11,14-15,18,36H2,1-4H3,(H,37,40)(H,38,41)/t22?,24?,26-,27+,28+/m1/s1. The van der Waals surface area contributed by atoms with Gasteiger partial charge in [-0.15, -0.1) is 0 Å². The van der Waals surface area contributed by atoms with Gasteiger partial charge >= 0.3 is 12.1 Å². The van der Waals surface area contributed by atoms with Gasteiger partial charge in [0.2, 0.25) is 21.8 Å². The molecule has 2 amide bonds. The summed E-state index contributed by atoms with van der Waals surface area (Å²) in [5, 5.41) is 5.63. The maximum atomic E-state index is 13.3. The van der Waals surface area contributed by atoms with Crippen LogP contribution >= 0.6 is 0 Å². The van der Waals surface area contributed by atoms with Crippen LogP contribution in [0.4, 0.5) is 13.2 Å². The minimum Gasteiger partial charge on any atom is -0.462 e. The molecule has 2 aromatic carbocycles. The summed E-state index contributed by atoms with van der Waals surface area (Å²) in [6.45, 7) is 6.95. The molecule has 3 rings (SSSR count). The first-order valence-electron chi connectivity index (χ1n) is 15.3. The summed E-state index contributed by atoms with van der Waals surface area (Å²) in [5.74, 6) is -2.26. The molecule has 0 spiro atoms. The van der Waals surface area contributed by atoms with E-state index in [1.807, 2.05) is 6.07 Å². The lowest BCUT2D eigenvalue weighted by atomic mass is 9.85. The fourth-order valence-electron chi connectivity index (χ4n) is 5.09. The van der Waals surface area contributed by atoms with E-state index < -0.39 is 63.7 Å². The molecular formula is C32H43F3N4O6S. The Kier molecular flexibility index (Phi) is 12.8. The van der Waals surface area contributed by atoms with E-state index in [-0.39, 0.29) is 29.2 Å². The van der Waals surface area contributed by atoms with Crippen LogP contribution in [-0.4, -0.2) is 50.9 Å². The molecule has 0 saturated heterocycles. The van der Waals surface area contributed by atoms with Gasteiger partial charge in [-0.2, -0.15) is 13.2 Å². The lowest BCUT2D eigenvalue weighted by Crippen LogP contribution is -2.52. The van der Waals surface area contributed by atoms with Crippen LogP contribution in [0.3, 0.4) is 0 Å². The zero-order valence-electron chi connectivity index (χ0n) is 26.3. The second-order valence-electron chi connectivity index (χ2n) is 12.3. The SMILES string of the molecule is CC(C)[C@H](N)C(=O)N[C@H](C(=O)OC[C@@H](NC(=O)C1CCC(NS(=O)(=O)c2ccc(C(F)(F)F)cc2)CC1)c1ccccc1)C(C)C. The van der Waals surface area contributed by atoms with Crippen LogP contribution in [0.25, 0.3) is 0 Å². The Bertz CT molecular complexity index is 1430. The number of hydrogen-bond donors (Lipinski definition) is 4. The van der Waals surface area contributed by atoms with Gasteiger partial charge in [0, 0.05) is 12.0 Å². The maximum Gasteiger partial charge on any atom is 0.416 e. The highest BCUT2D eigenvalue weighted by molar-refractivity contribution is 7.89. The molecule has 1 fully saturated rings. The summed E-state index contributed by atoms with van der Waals surface area (Å²) in [6, 6.07) is 9.32. The molecule has 1 saturated carbocycles. The fourth-order valence-corrected chi connectivity index (χ4v) is 6.39. The van der Waals surface area contributed by atoms with Crippen LogP contribution in [0.5, 0.6) is 0 Å². The number of halogens is 3. The van der Waals surface area contributed by atoms with Gasteiger partial charge in [0.05, 0.1) is 22.5 Å². The normalized spacial score (nSPS) is 19.3. The summed E-state index contributed by atoms with van der Waals surface area (Å²) >= 11 is 0. The average molecular weight is 669 g/mol. The van der Waals surface area contributed by atoms with Crippen LogP contribution < -0.4 is 21.1 Å². The number of carbonyl (C=O) groups is 3. The van der Waals surface area contributed by atoms with Crippen LogP contribution in [0.2, 0.25) is 0 Å². The van der Waals surface area contributed by atoms with E-state index in [9.17, 15) is 36.0 Å². The summed E-state index contributed by atoms with van der Waals surface area (Å²) in [4.78, 5) is 38.6. The average Bonchev–Trinajstić information content (AvgIpc) is 3.01. The Morgan fingerprint density at radius 3 is 2.00 bits per heavy atom. The van der Waals surface area contributed by atoms with Gasteiger partial charge in [-0.3, -0.25) is 9.59 Å². The van der Waals surface area contributed by atoms with Crippen molar-refractivity contribution in [1.29, 1.82) is 0 Å². The molecule has 0 unspecified atom stereocenters. The van der Waals surface area contributed by atoms with Gasteiger partial charge < -0.3 is 21.1 Å². The third kappa shape index (κ3) is 10.3. The predicted octanol–water partition coefficient (Wildman–Crippen LogP) is 4.07. The van der Waals surface area contributed by atoms with Crippen molar-refractivity contribution in [1.82, 2.24) is 15.4 Å². The van der Waals surface area contributed by atoms with Gasteiger partial charge in [0.25, 0.3) is 0 Å².